The van der Waals surface area contributed by atoms with E-state index in [2.05, 4.69) is 16.6 Å². The van der Waals surface area contributed by atoms with Gasteiger partial charge in [0.05, 0.1) is 28.9 Å². The molecule has 0 bridgehead atoms. The standard InChI is InChI=1S/C34H43ClN6O3S/c1-2-23-17-22(19-28(35)32(23)36)18-26(33(43)40-12-5-25(6-13-40)24-3-10-37-11-4-24)20-31(42)39-14-7-27(8-15-39)41-21-30-29(9-16-45-30)38-34(41)44/h1,9,16-17,19,24-27,37H,3-8,10-15,18,20-21,36H2,(H,38,44)/t26-/m0/s1. The number of nitrogens with zero attached hydrogens (tertiary/aromatic N) is 3. The van der Waals surface area contributed by atoms with Crippen LogP contribution in [0.3, 0.4) is 0 Å². The number of thiophene rings is 1. The molecular formula is C34H43ClN6O3S. The van der Waals surface area contributed by atoms with Crippen molar-refractivity contribution in [3.05, 3.63) is 44.6 Å². The van der Waals surface area contributed by atoms with Crippen molar-refractivity contribution in [2.45, 2.75) is 64.0 Å². The molecule has 1 atom stereocenters. The molecule has 3 saturated heterocycles. The van der Waals surface area contributed by atoms with E-state index in [1.807, 2.05) is 32.2 Å². The third-order valence-corrected chi connectivity index (χ3v) is 11.5. The monoisotopic (exact) mass is 650 g/mol. The van der Waals surface area contributed by atoms with Gasteiger partial charge in [-0.15, -0.1) is 17.8 Å². The zero-order valence-electron chi connectivity index (χ0n) is 25.7. The number of amides is 4. The number of terminal acetylenes is 1. The summed E-state index contributed by atoms with van der Waals surface area (Å²) in [7, 11) is 0. The van der Waals surface area contributed by atoms with E-state index in [1.165, 1.54) is 12.8 Å². The number of carbonyl (C=O) groups is 3. The number of likely N-dealkylation sites (tertiary alicyclic amines) is 2. The number of halogens is 1. The Bertz CT molecular complexity index is 1450. The van der Waals surface area contributed by atoms with Gasteiger partial charge in [0, 0.05) is 49.1 Å². The molecule has 0 spiro atoms. The molecule has 1 aromatic carbocycles. The maximum absolute atomic E-state index is 14.1. The summed E-state index contributed by atoms with van der Waals surface area (Å²) in [5, 5.41) is 8.80. The molecule has 4 amide bonds. The highest BCUT2D eigenvalue weighted by Gasteiger charge is 2.36. The van der Waals surface area contributed by atoms with Gasteiger partial charge in [-0.1, -0.05) is 17.5 Å². The maximum Gasteiger partial charge on any atom is 0.322 e. The number of nitrogen functional groups attached to an aromatic ring is 1. The summed E-state index contributed by atoms with van der Waals surface area (Å²) >= 11 is 8.06. The highest BCUT2D eigenvalue weighted by molar-refractivity contribution is 7.10. The van der Waals surface area contributed by atoms with Crippen molar-refractivity contribution in [1.82, 2.24) is 20.0 Å². The van der Waals surface area contributed by atoms with Crippen LogP contribution < -0.4 is 16.4 Å². The van der Waals surface area contributed by atoms with Gasteiger partial charge in [0.25, 0.3) is 0 Å². The largest absolute Gasteiger partial charge is 0.397 e. The van der Waals surface area contributed by atoms with Crippen LogP contribution in [0, 0.1) is 30.1 Å². The number of rotatable bonds is 7. The number of urea groups is 1. The molecule has 0 aliphatic carbocycles. The van der Waals surface area contributed by atoms with E-state index >= 15 is 0 Å². The maximum atomic E-state index is 14.1. The molecule has 4 N–H and O–H groups in total. The first-order valence-corrected chi connectivity index (χ1v) is 17.5. The Kier molecular flexibility index (Phi) is 9.88. The number of nitrogens with two attached hydrogens (primary N) is 1. The summed E-state index contributed by atoms with van der Waals surface area (Å²) in [6, 6.07) is 5.51. The predicted octanol–water partition coefficient (Wildman–Crippen LogP) is 4.79. The second-order valence-electron chi connectivity index (χ2n) is 13.0. The Morgan fingerprint density at radius 2 is 1.73 bits per heavy atom. The van der Waals surface area contributed by atoms with Crippen LogP contribution in [0.25, 0.3) is 0 Å². The lowest BCUT2D eigenvalue weighted by Gasteiger charge is -2.40. The molecule has 9 nitrogen and oxygen atoms in total. The van der Waals surface area contributed by atoms with Crippen LogP contribution in [-0.4, -0.2) is 77.9 Å². The van der Waals surface area contributed by atoms with E-state index in [-0.39, 0.29) is 30.3 Å². The van der Waals surface area contributed by atoms with Gasteiger partial charge in [-0.3, -0.25) is 9.59 Å². The van der Waals surface area contributed by atoms with Crippen LogP contribution in [0.4, 0.5) is 16.2 Å². The Morgan fingerprint density at radius 1 is 1.04 bits per heavy atom. The number of hydrogen-bond donors (Lipinski definition) is 3. The van der Waals surface area contributed by atoms with Crippen molar-refractivity contribution in [1.29, 1.82) is 0 Å². The van der Waals surface area contributed by atoms with Gasteiger partial charge in [0.1, 0.15) is 0 Å². The number of anilines is 2. The summed E-state index contributed by atoms with van der Waals surface area (Å²) < 4.78 is 0. The highest BCUT2D eigenvalue weighted by Crippen LogP contribution is 2.34. The Balaban J connectivity index is 1.11. The number of piperidine rings is 3. The van der Waals surface area contributed by atoms with Gasteiger partial charge in [-0.2, -0.15) is 0 Å². The lowest BCUT2D eigenvalue weighted by molar-refractivity contribution is -0.143. The third kappa shape index (κ3) is 7.11. The first-order chi connectivity index (χ1) is 21.8. The Labute approximate surface area is 274 Å². The van der Waals surface area contributed by atoms with Gasteiger partial charge in [0.15, 0.2) is 0 Å². The van der Waals surface area contributed by atoms with Crippen LogP contribution in [-0.2, 0) is 22.6 Å². The fraction of sp³-hybridized carbons (Fsp3) is 0.559. The Hall–Kier alpha value is -3.26. The minimum atomic E-state index is -0.527. The SMILES string of the molecule is C#Cc1cc(C[C@@H](CC(=O)N2CCC(N3Cc4sccc4NC3=O)CC2)C(=O)N2CCC(C3CCNCC3)CC2)cc(Cl)c1N. The van der Waals surface area contributed by atoms with Crippen LogP contribution in [0.5, 0.6) is 0 Å². The summed E-state index contributed by atoms with van der Waals surface area (Å²) in [4.78, 5) is 47.5. The minimum Gasteiger partial charge on any atom is -0.397 e. The predicted molar refractivity (Wildman–Crippen MR) is 179 cm³/mol. The van der Waals surface area contributed by atoms with E-state index in [1.54, 1.807) is 17.4 Å². The van der Waals surface area contributed by atoms with Crippen molar-refractivity contribution in [3.63, 3.8) is 0 Å². The molecule has 2 aromatic rings. The second kappa shape index (κ2) is 14.0. The van der Waals surface area contributed by atoms with Gasteiger partial charge < -0.3 is 31.1 Å². The fourth-order valence-electron chi connectivity index (χ4n) is 7.66. The number of hydrogen-bond acceptors (Lipinski definition) is 6. The van der Waals surface area contributed by atoms with Crippen molar-refractivity contribution >= 4 is 52.2 Å². The molecule has 0 saturated carbocycles. The van der Waals surface area contributed by atoms with Crippen LogP contribution in [0.15, 0.2) is 23.6 Å². The number of fused-ring (bicyclic) bond motifs is 1. The zero-order valence-corrected chi connectivity index (χ0v) is 27.3. The molecule has 4 aliphatic rings. The Morgan fingerprint density at radius 3 is 2.44 bits per heavy atom. The topological polar surface area (TPSA) is 111 Å². The first-order valence-electron chi connectivity index (χ1n) is 16.3. The van der Waals surface area contributed by atoms with Crippen LogP contribution in [0.2, 0.25) is 5.02 Å². The summed E-state index contributed by atoms with van der Waals surface area (Å²) in [6.07, 6.45) is 12.0. The molecule has 11 heteroatoms. The van der Waals surface area contributed by atoms with E-state index in [4.69, 9.17) is 23.8 Å². The minimum absolute atomic E-state index is 0.0222. The van der Waals surface area contributed by atoms with E-state index in [0.29, 0.717) is 61.1 Å². The summed E-state index contributed by atoms with van der Waals surface area (Å²) in [5.74, 6) is 3.44. The molecule has 1 aromatic heterocycles. The number of carbonyl (C=O) groups excluding carboxylic acids is 3. The average molecular weight is 651 g/mol. The van der Waals surface area contributed by atoms with E-state index < -0.39 is 5.92 Å². The zero-order chi connectivity index (χ0) is 31.5. The van der Waals surface area contributed by atoms with Gasteiger partial charge in [0.2, 0.25) is 11.8 Å². The molecule has 0 radical (unpaired) electrons. The average Bonchev–Trinajstić information content (AvgIpc) is 3.53. The van der Waals surface area contributed by atoms with Crippen LogP contribution in [0.1, 0.15) is 60.9 Å². The second-order valence-corrected chi connectivity index (χ2v) is 14.4. The highest BCUT2D eigenvalue weighted by atomic mass is 35.5. The lowest BCUT2D eigenvalue weighted by atomic mass is 9.79. The fourth-order valence-corrected chi connectivity index (χ4v) is 8.73. The van der Waals surface area contributed by atoms with E-state index in [9.17, 15) is 14.4 Å². The first kappa shape index (κ1) is 31.7. The smallest absolute Gasteiger partial charge is 0.322 e. The summed E-state index contributed by atoms with van der Waals surface area (Å²) in [6.45, 7) is 5.33. The molecule has 240 valence electrons. The molecule has 5 heterocycles. The molecule has 45 heavy (non-hydrogen) atoms. The molecule has 0 unspecified atom stereocenters. The van der Waals surface area contributed by atoms with Crippen molar-refractivity contribution in [2.75, 3.05) is 50.3 Å². The molecule has 3 fully saturated rings. The number of benzene rings is 1. The van der Waals surface area contributed by atoms with Gasteiger partial charge in [-0.05, 0) is 99.0 Å². The van der Waals surface area contributed by atoms with Crippen LogP contribution >= 0.6 is 22.9 Å². The van der Waals surface area contributed by atoms with Crippen molar-refractivity contribution < 1.29 is 14.4 Å². The lowest BCUT2D eigenvalue weighted by Crippen LogP contribution is -2.51. The van der Waals surface area contributed by atoms with E-state index in [0.717, 1.165) is 61.1 Å². The third-order valence-electron chi connectivity index (χ3n) is 10.3. The number of nitrogens with one attached hydrogen (secondary N) is 2. The summed E-state index contributed by atoms with van der Waals surface area (Å²) in [5.41, 5.74) is 8.62. The quantitative estimate of drug-likeness (QED) is 0.295. The van der Waals surface area contributed by atoms with Crippen molar-refractivity contribution in [2.24, 2.45) is 17.8 Å². The molecular weight excluding hydrogens is 608 g/mol. The molecule has 6 rings (SSSR count). The van der Waals surface area contributed by atoms with Crippen molar-refractivity contribution in [3.8, 4) is 12.3 Å². The normalized spacial score (nSPS) is 20.8. The van der Waals surface area contributed by atoms with Gasteiger partial charge in [-0.25, -0.2) is 4.79 Å². The van der Waals surface area contributed by atoms with Gasteiger partial charge >= 0.3 is 6.03 Å². The molecule has 4 aliphatic heterocycles.